The maximum atomic E-state index is 12.8. The topological polar surface area (TPSA) is 67.9 Å². The van der Waals surface area contributed by atoms with E-state index >= 15 is 0 Å². The van der Waals surface area contributed by atoms with E-state index in [1.807, 2.05) is 42.5 Å². The maximum absolute atomic E-state index is 12.8. The first kappa shape index (κ1) is 21.7. The summed E-state index contributed by atoms with van der Waals surface area (Å²) in [6.45, 7) is 2.41. The van der Waals surface area contributed by atoms with E-state index in [1.165, 1.54) is 0 Å². The molecule has 1 heterocycles. The average Bonchev–Trinajstić information content (AvgIpc) is 2.79. The lowest BCUT2D eigenvalue weighted by atomic mass is 10.1. The predicted octanol–water partition coefficient (Wildman–Crippen LogP) is 4.71. The van der Waals surface area contributed by atoms with Crippen LogP contribution in [-0.2, 0) is 16.0 Å². The van der Waals surface area contributed by atoms with Crippen molar-refractivity contribution in [2.75, 3.05) is 23.4 Å². The molecule has 1 unspecified atom stereocenters. The van der Waals surface area contributed by atoms with Gasteiger partial charge < -0.3 is 19.7 Å². The highest BCUT2D eigenvalue weighted by Gasteiger charge is 2.31. The summed E-state index contributed by atoms with van der Waals surface area (Å²) in [6.07, 6.45) is -0.375. The zero-order valence-electron chi connectivity index (χ0n) is 17.6. The molecule has 164 valence electrons. The van der Waals surface area contributed by atoms with E-state index in [0.717, 1.165) is 11.3 Å². The molecular weight excluding hydrogens is 428 g/mol. The quantitative estimate of drug-likeness (QED) is 0.565. The van der Waals surface area contributed by atoms with Gasteiger partial charge in [-0.25, -0.2) is 0 Å². The Morgan fingerprint density at radius 2 is 1.84 bits per heavy atom. The van der Waals surface area contributed by atoms with Gasteiger partial charge >= 0.3 is 0 Å². The van der Waals surface area contributed by atoms with Crippen LogP contribution in [0.15, 0.2) is 72.8 Å². The number of para-hydroxylation sites is 1. The minimum atomic E-state index is -0.593. The first-order valence-electron chi connectivity index (χ1n) is 10.3. The summed E-state index contributed by atoms with van der Waals surface area (Å²) in [5, 5.41) is 3.51. The van der Waals surface area contributed by atoms with Gasteiger partial charge in [0, 0.05) is 10.7 Å². The van der Waals surface area contributed by atoms with Crippen LogP contribution in [0.1, 0.15) is 12.5 Å². The average molecular weight is 451 g/mol. The lowest BCUT2D eigenvalue weighted by Crippen LogP contribution is -2.46. The van der Waals surface area contributed by atoms with Crippen molar-refractivity contribution < 1.29 is 19.1 Å². The van der Waals surface area contributed by atoms with Crippen LogP contribution in [-0.4, -0.2) is 31.1 Å². The third kappa shape index (κ3) is 5.21. The minimum Gasteiger partial charge on any atom is -0.492 e. The highest BCUT2D eigenvalue weighted by molar-refractivity contribution is 6.30. The van der Waals surface area contributed by atoms with Crippen LogP contribution in [0, 0.1) is 0 Å². The number of rotatable bonds is 7. The Morgan fingerprint density at radius 1 is 1.09 bits per heavy atom. The molecule has 0 saturated heterocycles. The molecular formula is C25H23ClN2O4. The van der Waals surface area contributed by atoms with E-state index in [2.05, 4.69) is 5.32 Å². The van der Waals surface area contributed by atoms with Crippen molar-refractivity contribution in [1.29, 1.82) is 0 Å². The molecule has 6 nitrogen and oxygen atoms in total. The smallest absolute Gasteiger partial charge is 0.267 e. The zero-order valence-corrected chi connectivity index (χ0v) is 18.3. The molecule has 1 aliphatic rings. The summed E-state index contributed by atoms with van der Waals surface area (Å²) in [6, 6.07) is 21.9. The fourth-order valence-electron chi connectivity index (χ4n) is 3.48. The van der Waals surface area contributed by atoms with Crippen molar-refractivity contribution >= 4 is 34.8 Å². The van der Waals surface area contributed by atoms with Crippen LogP contribution in [0.4, 0.5) is 11.4 Å². The number of hydrogen-bond donors (Lipinski definition) is 1. The van der Waals surface area contributed by atoms with E-state index in [1.54, 1.807) is 42.2 Å². The van der Waals surface area contributed by atoms with E-state index in [9.17, 15) is 9.59 Å². The highest BCUT2D eigenvalue weighted by atomic mass is 35.5. The standard InChI is InChI=1S/C25H23ClN2O4/c1-17-25(30)28(13-14-31-21-5-3-2-4-6-21)22-16-20(11-12-23(22)32-17)27-24(29)15-18-7-9-19(26)10-8-18/h2-12,16-17H,13-15H2,1H3,(H,27,29). The van der Waals surface area contributed by atoms with Gasteiger partial charge in [0.25, 0.3) is 5.91 Å². The molecule has 0 saturated carbocycles. The maximum Gasteiger partial charge on any atom is 0.267 e. The Bertz CT molecular complexity index is 1100. The largest absolute Gasteiger partial charge is 0.492 e. The van der Waals surface area contributed by atoms with Crippen molar-refractivity contribution in [3.63, 3.8) is 0 Å². The summed E-state index contributed by atoms with van der Waals surface area (Å²) in [7, 11) is 0. The SMILES string of the molecule is CC1Oc2ccc(NC(=O)Cc3ccc(Cl)cc3)cc2N(CCOc2ccccc2)C1=O. The Morgan fingerprint density at radius 3 is 2.59 bits per heavy atom. The number of anilines is 2. The summed E-state index contributed by atoms with van der Waals surface area (Å²) in [5.41, 5.74) is 2.05. The predicted molar refractivity (Wildman–Crippen MR) is 125 cm³/mol. The lowest BCUT2D eigenvalue weighted by Gasteiger charge is -2.33. The number of amides is 2. The van der Waals surface area contributed by atoms with E-state index < -0.39 is 6.10 Å². The molecule has 1 N–H and O–H groups in total. The van der Waals surface area contributed by atoms with Crippen molar-refractivity contribution in [3.8, 4) is 11.5 Å². The fourth-order valence-corrected chi connectivity index (χ4v) is 3.61. The molecule has 7 heteroatoms. The second-order valence-corrected chi connectivity index (χ2v) is 7.88. The van der Waals surface area contributed by atoms with Crippen LogP contribution < -0.4 is 19.7 Å². The zero-order chi connectivity index (χ0) is 22.5. The second-order valence-electron chi connectivity index (χ2n) is 7.45. The summed E-state index contributed by atoms with van der Waals surface area (Å²) in [4.78, 5) is 26.9. The van der Waals surface area contributed by atoms with Gasteiger partial charge in [0.2, 0.25) is 5.91 Å². The summed E-state index contributed by atoms with van der Waals surface area (Å²) < 4.78 is 11.5. The van der Waals surface area contributed by atoms with Gasteiger partial charge in [0.05, 0.1) is 18.7 Å². The molecule has 2 amide bonds. The van der Waals surface area contributed by atoms with Crippen molar-refractivity contribution in [2.45, 2.75) is 19.4 Å². The Labute approximate surface area is 191 Å². The van der Waals surface area contributed by atoms with E-state index in [4.69, 9.17) is 21.1 Å². The first-order chi connectivity index (χ1) is 15.5. The molecule has 0 fully saturated rings. The summed E-state index contributed by atoms with van der Waals surface area (Å²) in [5.74, 6) is 1.01. The molecule has 32 heavy (non-hydrogen) atoms. The molecule has 0 radical (unpaired) electrons. The number of carbonyl (C=O) groups excluding carboxylic acids is 2. The van der Waals surface area contributed by atoms with Gasteiger partial charge in [0.1, 0.15) is 18.1 Å². The van der Waals surface area contributed by atoms with Crippen molar-refractivity contribution in [1.82, 2.24) is 0 Å². The number of carbonyl (C=O) groups is 2. The number of nitrogens with one attached hydrogen (secondary N) is 1. The minimum absolute atomic E-state index is 0.154. The molecule has 3 aromatic rings. The van der Waals surface area contributed by atoms with Gasteiger partial charge in [0.15, 0.2) is 6.10 Å². The van der Waals surface area contributed by atoms with Crippen LogP contribution in [0.2, 0.25) is 5.02 Å². The second kappa shape index (κ2) is 9.75. The number of ether oxygens (including phenoxy) is 2. The van der Waals surface area contributed by atoms with Gasteiger partial charge in [-0.05, 0) is 55.0 Å². The molecule has 0 aliphatic carbocycles. The molecule has 0 spiro atoms. The summed E-state index contributed by atoms with van der Waals surface area (Å²) >= 11 is 5.90. The third-order valence-electron chi connectivity index (χ3n) is 5.06. The van der Waals surface area contributed by atoms with Crippen LogP contribution in [0.5, 0.6) is 11.5 Å². The number of nitrogens with zero attached hydrogens (tertiary/aromatic N) is 1. The number of fused-ring (bicyclic) bond motifs is 1. The molecule has 0 aromatic heterocycles. The molecule has 3 aromatic carbocycles. The van der Waals surface area contributed by atoms with Crippen LogP contribution in [0.25, 0.3) is 0 Å². The third-order valence-corrected chi connectivity index (χ3v) is 5.31. The van der Waals surface area contributed by atoms with Gasteiger partial charge in [-0.2, -0.15) is 0 Å². The van der Waals surface area contributed by atoms with Gasteiger partial charge in [-0.1, -0.05) is 41.9 Å². The first-order valence-corrected chi connectivity index (χ1v) is 10.7. The monoisotopic (exact) mass is 450 g/mol. The number of halogens is 1. The molecule has 1 aliphatic heterocycles. The Balaban J connectivity index is 1.46. The molecule has 0 bridgehead atoms. The Kier molecular flexibility index (Phi) is 6.61. The Hall–Kier alpha value is -3.51. The number of benzene rings is 3. The fraction of sp³-hybridized carbons (Fsp3) is 0.200. The van der Waals surface area contributed by atoms with Crippen molar-refractivity contribution in [2.24, 2.45) is 0 Å². The van der Waals surface area contributed by atoms with Gasteiger partial charge in [-0.15, -0.1) is 0 Å². The number of hydrogen-bond acceptors (Lipinski definition) is 4. The molecule has 1 atom stereocenters. The van der Waals surface area contributed by atoms with Crippen LogP contribution in [0.3, 0.4) is 0 Å². The molecule has 4 rings (SSSR count). The normalized spacial score (nSPS) is 15.0. The van der Waals surface area contributed by atoms with E-state index in [-0.39, 0.29) is 18.2 Å². The van der Waals surface area contributed by atoms with E-state index in [0.29, 0.717) is 35.3 Å². The van der Waals surface area contributed by atoms with Crippen molar-refractivity contribution in [3.05, 3.63) is 83.4 Å². The van der Waals surface area contributed by atoms with Gasteiger partial charge in [-0.3, -0.25) is 9.59 Å². The van der Waals surface area contributed by atoms with Crippen LogP contribution >= 0.6 is 11.6 Å². The highest BCUT2D eigenvalue weighted by Crippen LogP contribution is 2.36. The lowest BCUT2D eigenvalue weighted by molar-refractivity contribution is -0.125.